The number of halogens is 1. The zero-order valence-electron chi connectivity index (χ0n) is 7.98. The molecule has 0 aromatic carbocycles. The average molecular weight is 187 g/mol. The molecule has 1 fully saturated rings. The monoisotopic (exact) mass is 186 g/mol. The van der Waals surface area contributed by atoms with E-state index < -0.39 is 0 Å². The van der Waals surface area contributed by atoms with Crippen LogP contribution >= 0.6 is 11.6 Å². The van der Waals surface area contributed by atoms with Gasteiger partial charge in [0.2, 0.25) is 0 Å². The third-order valence-corrected chi connectivity index (χ3v) is 3.34. The van der Waals surface area contributed by atoms with Gasteiger partial charge in [0.05, 0.1) is 0 Å². The number of rotatable bonds is 4. The van der Waals surface area contributed by atoms with Gasteiger partial charge in [0, 0.05) is 5.38 Å². The number of hydrogen-bond donors (Lipinski definition) is 0. The topological polar surface area (TPSA) is 0 Å². The Morgan fingerprint density at radius 3 is 2.92 bits per heavy atom. The van der Waals surface area contributed by atoms with Crippen molar-refractivity contribution in [2.24, 2.45) is 5.41 Å². The third-order valence-electron chi connectivity index (χ3n) is 2.96. The molecule has 1 rings (SSSR count). The van der Waals surface area contributed by atoms with Gasteiger partial charge in [-0.1, -0.05) is 13.0 Å². The summed E-state index contributed by atoms with van der Waals surface area (Å²) in [5.74, 6) is 0. The van der Waals surface area contributed by atoms with Crippen molar-refractivity contribution in [2.75, 3.05) is 0 Å². The van der Waals surface area contributed by atoms with Gasteiger partial charge in [0.1, 0.15) is 0 Å². The predicted octanol–water partition coefficient (Wildman–Crippen LogP) is 4.14. The first-order chi connectivity index (χ1) is 5.66. The first-order valence-corrected chi connectivity index (χ1v) is 5.35. The fourth-order valence-corrected chi connectivity index (χ4v) is 2.63. The Morgan fingerprint density at radius 1 is 1.67 bits per heavy atom. The summed E-state index contributed by atoms with van der Waals surface area (Å²) in [6, 6.07) is 0. The molecule has 0 bridgehead atoms. The average Bonchev–Trinajstić information content (AvgIpc) is 2.32. The molecular weight excluding hydrogens is 168 g/mol. The van der Waals surface area contributed by atoms with Crippen LogP contribution in [0.5, 0.6) is 0 Å². The molecule has 2 unspecified atom stereocenters. The fraction of sp³-hybridized carbons (Fsp3) is 0.818. The van der Waals surface area contributed by atoms with Crippen LogP contribution in [0.4, 0.5) is 0 Å². The van der Waals surface area contributed by atoms with Gasteiger partial charge in [-0.05, 0) is 43.9 Å². The van der Waals surface area contributed by atoms with E-state index in [9.17, 15) is 0 Å². The van der Waals surface area contributed by atoms with Gasteiger partial charge in [-0.3, -0.25) is 0 Å². The molecule has 0 nitrogen and oxygen atoms in total. The van der Waals surface area contributed by atoms with Gasteiger partial charge in [-0.25, -0.2) is 0 Å². The normalized spacial score (nSPS) is 35.3. The number of allylic oxidation sites excluding steroid dienone is 1. The van der Waals surface area contributed by atoms with Crippen LogP contribution < -0.4 is 0 Å². The van der Waals surface area contributed by atoms with E-state index in [2.05, 4.69) is 13.5 Å². The molecule has 0 heterocycles. The highest BCUT2D eigenvalue weighted by atomic mass is 35.5. The summed E-state index contributed by atoms with van der Waals surface area (Å²) in [5.41, 5.74) is 0.537. The zero-order valence-corrected chi connectivity index (χ0v) is 8.74. The van der Waals surface area contributed by atoms with Crippen molar-refractivity contribution in [3.05, 3.63) is 12.7 Å². The molecule has 1 saturated carbocycles. The van der Waals surface area contributed by atoms with Crippen molar-refractivity contribution >= 4 is 11.6 Å². The smallest absolute Gasteiger partial charge is 0.0341 e. The largest absolute Gasteiger partial charge is 0.123 e. The van der Waals surface area contributed by atoms with E-state index in [0.29, 0.717) is 10.8 Å². The van der Waals surface area contributed by atoms with Gasteiger partial charge >= 0.3 is 0 Å². The molecule has 1 heteroatoms. The molecule has 70 valence electrons. The molecular formula is C11H19Cl. The Bertz CT molecular complexity index is 153. The molecule has 2 atom stereocenters. The van der Waals surface area contributed by atoms with Gasteiger partial charge in [-0.15, -0.1) is 18.2 Å². The summed E-state index contributed by atoms with van der Waals surface area (Å²) in [4.78, 5) is 0. The van der Waals surface area contributed by atoms with Crippen LogP contribution in [0.15, 0.2) is 12.7 Å². The van der Waals surface area contributed by atoms with E-state index in [1.807, 2.05) is 6.08 Å². The lowest BCUT2D eigenvalue weighted by Gasteiger charge is -2.22. The summed E-state index contributed by atoms with van der Waals surface area (Å²) < 4.78 is 0. The first-order valence-electron chi connectivity index (χ1n) is 4.91. The van der Waals surface area contributed by atoms with Crippen LogP contribution in [-0.4, -0.2) is 5.38 Å². The zero-order chi connectivity index (χ0) is 9.03. The maximum atomic E-state index is 6.09. The van der Waals surface area contributed by atoms with Crippen molar-refractivity contribution in [3.63, 3.8) is 0 Å². The minimum Gasteiger partial charge on any atom is -0.123 e. The molecule has 0 N–H and O–H groups in total. The lowest BCUT2D eigenvalue weighted by Crippen LogP contribution is -2.11. The van der Waals surface area contributed by atoms with Gasteiger partial charge in [0.25, 0.3) is 0 Å². The second kappa shape index (κ2) is 4.32. The second-order valence-electron chi connectivity index (χ2n) is 4.33. The fourth-order valence-electron chi connectivity index (χ4n) is 2.14. The number of unbranched alkanes of at least 4 members (excludes halogenated alkanes) is 1. The number of hydrogen-bond acceptors (Lipinski definition) is 0. The lowest BCUT2D eigenvalue weighted by atomic mass is 9.83. The molecule has 1 aliphatic rings. The van der Waals surface area contributed by atoms with Crippen molar-refractivity contribution in [3.8, 4) is 0 Å². The van der Waals surface area contributed by atoms with Gasteiger partial charge in [-0.2, -0.15) is 0 Å². The van der Waals surface area contributed by atoms with Gasteiger partial charge in [0.15, 0.2) is 0 Å². The van der Waals surface area contributed by atoms with Crippen LogP contribution in [0, 0.1) is 5.41 Å². The maximum absolute atomic E-state index is 6.09. The molecule has 0 spiro atoms. The van der Waals surface area contributed by atoms with E-state index in [4.69, 9.17) is 11.6 Å². The predicted molar refractivity (Wildman–Crippen MR) is 55.6 cm³/mol. The van der Waals surface area contributed by atoms with Crippen LogP contribution in [0.1, 0.15) is 45.4 Å². The van der Waals surface area contributed by atoms with Gasteiger partial charge < -0.3 is 0 Å². The van der Waals surface area contributed by atoms with Crippen molar-refractivity contribution in [2.45, 2.75) is 50.8 Å². The van der Waals surface area contributed by atoms with Crippen molar-refractivity contribution in [1.82, 2.24) is 0 Å². The summed E-state index contributed by atoms with van der Waals surface area (Å²) in [5, 5.41) is 0.443. The molecule has 0 saturated heterocycles. The summed E-state index contributed by atoms with van der Waals surface area (Å²) in [7, 11) is 0. The summed E-state index contributed by atoms with van der Waals surface area (Å²) in [6.45, 7) is 6.11. The summed E-state index contributed by atoms with van der Waals surface area (Å²) >= 11 is 6.09. The van der Waals surface area contributed by atoms with E-state index in [0.717, 1.165) is 6.42 Å². The lowest BCUT2D eigenvalue weighted by molar-refractivity contribution is 0.301. The molecule has 0 amide bonds. The molecule has 12 heavy (non-hydrogen) atoms. The third kappa shape index (κ3) is 2.82. The van der Waals surface area contributed by atoms with E-state index in [1.54, 1.807) is 0 Å². The molecule has 1 aliphatic carbocycles. The molecule has 0 aliphatic heterocycles. The molecule has 0 radical (unpaired) electrons. The Balaban J connectivity index is 2.25. The SMILES string of the molecule is C=CCCCC1(C)CCC(Cl)C1. The Labute approximate surface area is 81.0 Å². The second-order valence-corrected chi connectivity index (χ2v) is 4.95. The quantitative estimate of drug-likeness (QED) is 0.352. The Kier molecular flexibility index (Phi) is 3.64. The highest BCUT2D eigenvalue weighted by Crippen LogP contribution is 2.43. The highest BCUT2D eigenvalue weighted by molar-refractivity contribution is 6.20. The molecule has 0 aromatic heterocycles. The highest BCUT2D eigenvalue weighted by Gasteiger charge is 2.33. The minimum absolute atomic E-state index is 0.443. The summed E-state index contributed by atoms with van der Waals surface area (Å²) in [6.07, 6.45) is 9.51. The van der Waals surface area contributed by atoms with Crippen molar-refractivity contribution in [1.29, 1.82) is 0 Å². The van der Waals surface area contributed by atoms with E-state index in [-0.39, 0.29) is 0 Å². The maximum Gasteiger partial charge on any atom is 0.0341 e. The standard InChI is InChI=1S/C11H19Cl/c1-3-4-5-7-11(2)8-6-10(12)9-11/h3,10H,1,4-9H2,2H3. The first kappa shape index (κ1) is 10.1. The molecule has 0 aromatic rings. The van der Waals surface area contributed by atoms with Crippen LogP contribution in [0.2, 0.25) is 0 Å². The minimum atomic E-state index is 0.443. The Hall–Kier alpha value is 0.0300. The van der Waals surface area contributed by atoms with Crippen LogP contribution in [0.25, 0.3) is 0 Å². The van der Waals surface area contributed by atoms with Crippen LogP contribution in [-0.2, 0) is 0 Å². The Morgan fingerprint density at radius 2 is 2.42 bits per heavy atom. The number of alkyl halides is 1. The van der Waals surface area contributed by atoms with E-state index in [1.165, 1.54) is 32.1 Å². The van der Waals surface area contributed by atoms with Crippen molar-refractivity contribution < 1.29 is 0 Å². The van der Waals surface area contributed by atoms with Crippen LogP contribution in [0.3, 0.4) is 0 Å². The van der Waals surface area contributed by atoms with E-state index >= 15 is 0 Å².